The Labute approximate surface area is 177 Å². The highest BCUT2D eigenvalue weighted by molar-refractivity contribution is 7.92. The molecule has 0 saturated heterocycles. The molecule has 5 aromatic rings. The molecular weight excluding hydrogens is 415 g/mol. The molecule has 0 aliphatic heterocycles. The Hall–Kier alpha value is -3.78. The Balaban J connectivity index is 1.91. The van der Waals surface area contributed by atoms with Gasteiger partial charge in [-0.25, -0.2) is 22.8 Å². The van der Waals surface area contributed by atoms with Crippen LogP contribution >= 0.6 is 0 Å². The van der Waals surface area contributed by atoms with Crippen LogP contribution < -0.4 is 5.73 Å². The summed E-state index contributed by atoms with van der Waals surface area (Å²) in [5.41, 5.74) is 9.31. The Morgan fingerprint density at radius 1 is 0.903 bits per heavy atom. The monoisotopic (exact) mass is 432 g/mol. The summed E-state index contributed by atoms with van der Waals surface area (Å²) >= 11 is 0. The van der Waals surface area contributed by atoms with Crippen LogP contribution in [0.2, 0.25) is 0 Å². The molecule has 0 bridgehead atoms. The number of halogens is 1. The van der Waals surface area contributed by atoms with Crippen LogP contribution in [0.5, 0.6) is 0 Å². The van der Waals surface area contributed by atoms with E-state index in [0.29, 0.717) is 16.7 Å². The van der Waals surface area contributed by atoms with Gasteiger partial charge in [-0.1, -0.05) is 24.3 Å². The summed E-state index contributed by atoms with van der Waals surface area (Å²) < 4.78 is 42.3. The molecule has 3 aromatic carbocycles. The van der Waals surface area contributed by atoms with Gasteiger partial charge in [0.2, 0.25) is 9.84 Å². The second-order valence-corrected chi connectivity index (χ2v) is 9.12. The van der Waals surface area contributed by atoms with E-state index in [4.69, 9.17) is 5.73 Å². The maximum Gasteiger partial charge on any atom is 0.212 e. The van der Waals surface area contributed by atoms with Crippen molar-refractivity contribution < 1.29 is 12.8 Å². The van der Waals surface area contributed by atoms with Crippen LogP contribution in [0.1, 0.15) is 5.56 Å². The van der Waals surface area contributed by atoms with E-state index in [1.54, 1.807) is 30.3 Å². The number of hydrogen-bond acceptors (Lipinski definition) is 5. The van der Waals surface area contributed by atoms with Gasteiger partial charge in [0, 0.05) is 5.69 Å². The molecule has 0 aliphatic rings. The molecule has 0 radical (unpaired) electrons. The van der Waals surface area contributed by atoms with Crippen LogP contribution in [-0.2, 0) is 9.84 Å². The van der Waals surface area contributed by atoms with E-state index in [9.17, 15) is 12.8 Å². The minimum Gasteiger partial charge on any atom is -0.384 e. The maximum absolute atomic E-state index is 13.6. The van der Waals surface area contributed by atoms with Gasteiger partial charge < -0.3 is 5.73 Å². The summed E-state index contributed by atoms with van der Waals surface area (Å²) in [6, 6.07) is 19.4. The molecule has 8 heteroatoms. The average molecular weight is 432 g/mol. The molecule has 0 spiro atoms. The van der Waals surface area contributed by atoms with E-state index in [2.05, 4.69) is 9.97 Å². The predicted octanol–water partition coefficient (Wildman–Crippen LogP) is 4.44. The van der Waals surface area contributed by atoms with E-state index < -0.39 is 15.7 Å². The molecule has 0 saturated carbocycles. The zero-order valence-corrected chi connectivity index (χ0v) is 17.3. The zero-order chi connectivity index (χ0) is 21.8. The number of hydrogen-bond donors (Lipinski definition) is 1. The lowest BCUT2D eigenvalue weighted by molar-refractivity contribution is 0.597. The first-order valence-corrected chi connectivity index (χ1v) is 11.0. The van der Waals surface area contributed by atoms with Crippen molar-refractivity contribution in [2.45, 2.75) is 16.7 Å². The molecule has 31 heavy (non-hydrogen) atoms. The predicted molar refractivity (Wildman–Crippen MR) is 117 cm³/mol. The van der Waals surface area contributed by atoms with Gasteiger partial charge in [0.1, 0.15) is 22.0 Å². The molecule has 2 aromatic heterocycles. The van der Waals surface area contributed by atoms with Gasteiger partial charge in [-0.3, -0.25) is 4.57 Å². The molecular formula is C23H17FN4O2S. The number of benzene rings is 3. The number of aryl methyl sites for hydroxylation is 1. The standard InChI is InChI=1S/C23H17FN4O2S/c1-14-5-4-6-17(13-14)31(29,30)21-20-23(27-19-8-3-2-7-18(19)26-20)28(22(21)25)16-11-9-15(24)10-12-16/h2-13H,25H2,1H3. The lowest BCUT2D eigenvalue weighted by Crippen LogP contribution is -2.07. The van der Waals surface area contributed by atoms with E-state index in [-0.39, 0.29) is 26.8 Å². The number of nitrogens with zero attached hydrogens (tertiary/aromatic N) is 3. The van der Waals surface area contributed by atoms with E-state index >= 15 is 0 Å². The fraction of sp³-hybridized carbons (Fsp3) is 0.0435. The number of rotatable bonds is 3. The Morgan fingerprint density at radius 2 is 1.58 bits per heavy atom. The highest BCUT2D eigenvalue weighted by atomic mass is 32.2. The number of sulfone groups is 1. The highest BCUT2D eigenvalue weighted by Gasteiger charge is 2.30. The summed E-state index contributed by atoms with van der Waals surface area (Å²) in [4.78, 5) is 9.25. The largest absolute Gasteiger partial charge is 0.384 e. The van der Waals surface area contributed by atoms with Crippen molar-refractivity contribution in [3.8, 4) is 5.69 Å². The topological polar surface area (TPSA) is 90.9 Å². The van der Waals surface area contributed by atoms with Gasteiger partial charge >= 0.3 is 0 Å². The number of para-hydroxylation sites is 2. The first kappa shape index (κ1) is 19.2. The second-order valence-electron chi connectivity index (χ2n) is 7.23. The first-order valence-electron chi connectivity index (χ1n) is 9.50. The molecule has 0 aliphatic carbocycles. The van der Waals surface area contributed by atoms with Gasteiger partial charge in [-0.05, 0) is 61.0 Å². The lowest BCUT2D eigenvalue weighted by Gasteiger charge is -2.08. The Kier molecular flexibility index (Phi) is 4.26. The van der Waals surface area contributed by atoms with Gasteiger partial charge in [-0.15, -0.1) is 0 Å². The van der Waals surface area contributed by atoms with E-state index in [1.165, 1.54) is 34.9 Å². The van der Waals surface area contributed by atoms with Gasteiger partial charge in [0.05, 0.1) is 15.9 Å². The molecule has 0 atom stereocenters. The summed E-state index contributed by atoms with van der Waals surface area (Å²) in [5.74, 6) is -0.443. The number of aromatic nitrogens is 3. The minimum atomic E-state index is -4.01. The van der Waals surface area contributed by atoms with Crippen LogP contribution in [0.15, 0.2) is 82.6 Å². The zero-order valence-electron chi connectivity index (χ0n) is 16.4. The van der Waals surface area contributed by atoms with Crippen LogP contribution in [0.25, 0.3) is 27.9 Å². The van der Waals surface area contributed by atoms with Crippen LogP contribution in [0.3, 0.4) is 0 Å². The van der Waals surface area contributed by atoms with Crippen molar-refractivity contribution in [3.05, 3.63) is 84.2 Å². The molecule has 2 heterocycles. The summed E-state index contributed by atoms with van der Waals surface area (Å²) in [6.45, 7) is 1.82. The maximum atomic E-state index is 13.6. The summed E-state index contributed by atoms with van der Waals surface area (Å²) in [6.07, 6.45) is 0. The molecule has 0 unspecified atom stereocenters. The molecule has 2 N–H and O–H groups in total. The van der Waals surface area contributed by atoms with Gasteiger partial charge in [-0.2, -0.15) is 0 Å². The number of anilines is 1. The smallest absolute Gasteiger partial charge is 0.212 e. The molecule has 0 fully saturated rings. The quantitative estimate of drug-likeness (QED) is 0.455. The number of fused-ring (bicyclic) bond motifs is 2. The van der Waals surface area contributed by atoms with Crippen molar-refractivity contribution in [2.24, 2.45) is 0 Å². The van der Waals surface area contributed by atoms with Crippen molar-refractivity contribution in [1.29, 1.82) is 0 Å². The van der Waals surface area contributed by atoms with E-state index in [1.807, 2.05) is 19.1 Å². The van der Waals surface area contributed by atoms with Crippen LogP contribution in [0.4, 0.5) is 10.2 Å². The van der Waals surface area contributed by atoms with Gasteiger partial charge in [0.25, 0.3) is 0 Å². The Bertz CT molecular complexity index is 1580. The summed E-state index contributed by atoms with van der Waals surface area (Å²) in [7, 11) is -4.01. The number of nitrogen functional groups attached to an aromatic ring is 1. The number of nitrogens with two attached hydrogens (primary N) is 1. The van der Waals surface area contributed by atoms with Crippen molar-refractivity contribution in [2.75, 3.05) is 5.73 Å². The third-order valence-electron chi connectivity index (χ3n) is 5.11. The normalized spacial score (nSPS) is 11.9. The van der Waals surface area contributed by atoms with Crippen LogP contribution in [-0.4, -0.2) is 23.0 Å². The summed E-state index contributed by atoms with van der Waals surface area (Å²) in [5, 5.41) is 0. The lowest BCUT2D eigenvalue weighted by atomic mass is 10.2. The second kappa shape index (κ2) is 6.88. The third-order valence-corrected chi connectivity index (χ3v) is 6.92. The van der Waals surface area contributed by atoms with E-state index in [0.717, 1.165) is 5.56 Å². The fourth-order valence-corrected chi connectivity index (χ4v) is 5.25. The SMILES string of the molecule is Cc1cccc(S(=O)(=O)c2c(N)n(-c3ccc(F)cc3)c3nc4ccccc4nc23)c1. The first-order chi connectivity index (χ1) is 14.9. The fourth-order valence-electron chi connectivity index (χ4n) is 3.65. The van der Waals surface area contributed by atoms with Crippen LogP contribution in [0, 0.1) is 12.7 Å². The Morgan fingerprint density at radius 3 is 2.26 bits per heavy atom. The molecule has 154 valence electrons. The van der Waals surface area contributed by atoms with Crippen molar-refractivity contribution >= 4 is 37.9 Å². The van der Waals surface area contributed by atoms with Gasteiger partial charge in [0.15, 0.2) is 5.65 Å². The van der Waals surface area contributed by atoms with Crippen molar-refractivity contribution in [3.63, 3.8) is 0 Å². The molecule has 5 rings (SSSR count). The highest BCUT2D eigenvalue weighted by Crippen LogP contribution is 2.37. The minimum absolute atomic E-state index is 0.0292. The molecule has 6 nitrogen and oxygen atoms in total. The average Bonchev–Trinajstić information content (AvgIpc) is 3.04. The van der Waals surface area contributed by atoms with Crippen molar-refractivity contribution in [1.82, 2.24) is 14.5 Å². The third kappa shape index (κ3) is 3.03. The molecule has 0 amide bonds.